The fourth-order valence-electron chi connectivity index (χ4n) is 2.98. The van der Waals surface area contributed by atoms with Crippen molar-refractivity contribution in [2.75, 3.05) is 0 Å². The van der Waals surface area contributed by atoms with Gasteiger partial charge in [-0.2, -0.15) is 9.78 Å². The first kappa shape index (κ1) is 21.2. The number of benzene rings is 3. The van der Waals surface area contributed by atoms with Gasteiger partial charge in [0.15, 0.2) is 0 Å². The maximum atomic E-state index is 13.2. The Balaban J connectivity index is 1.67. The predicted molar refractivity (Wildman–Crippen MR) is 120 cm³/mol. The molecule has 31 heavy (non-hydrogen) atoms. The second-order valence-electron chi connectivity index (χ2n) is 6.80. The van der Waals surface area contributed by atoms with Crippen molar-refractivity contribution in [3.8, 4) is 11.6 Å². The van der Waals surface area contributed by atoms with Gasteiger partial charge in [0.05, 0.1) is 22.7 Å². The minimum atomic E-state index is -0.457. The second kappa shape index (κ2) is 9.37. The van der Waals surface area contributed by atoms with Gasteiger partial charge in [0, 0.05) is 9.92 Å². The lowest BCUT2D eigenvalue weighted by molar-refractivity contribution is -0.134. The molecule has 0 N–H and O–H groups in total. The van der Waals surface area contributed by atoms with Crippen molar-refractivity contribution in [3.63, 3.8) is 0 Å². The highest BCUT2D eigenvalue weighted by Crippen LogP contribution is 2.39. The highest BCUT2D eigenvalue weighted by atomic mass is 35.5. The van der Waals surface area contributed by atoms with Crippen molar-refractivity contribution in [1.82, 2.24) is 9.78 Å². The van der Waals surface area contributed by atoms with E-state index in [9.17, 15) is 9.18 Å². The Kier molecular flexibility index (Phi) is 6.39. The number of esters is 1. The molecule has 0 saturated heterocycles. The van der Waals surface area contributed by atoms with Gasteiger partial charge in [-0.1, -0.05) is 53.7 Å². The minimum Gasteiger partial charge on any atom is -0.406 e. The molecule has 0 aliphatic heterocycles. The molecule has 7 heteroatoms. The molecular formula is C24H18ClFN2O2S. The molecular weight excluding hydrogens is 435 g/mol. The number of hydrogen-bond acceptors (Lipinski definition) is 4. The van der Waals surface area contributed by atoms with Gasteiger partial charge in [0.1, 0.15) is 5.82 Å². The summed E-state index contributed by atoms with van der Waals surface area (Å²) in [5, 5.41) is 5.25. The maximum absolute atomic E-state index is 13.2. The molecule has 0 atom stereocenters. The Morgan fingerprint density at radius 3 is 2.39 bits per heavy atom. The number of aryl methyl sites for hydroxylation is 1. The Morgan fingerprint density at radius 1 is 1.03 bits per heavy atom. The van der Waals surface area contributed by atoms with Gasteiger partial charge in [-0.05, 0) is 61.0 Å². The van der Waals surface area contributed by atoms with E-state index >= 15 is 0 Å². The van der Waals surface area contributed by atoms with Crippen LogP contribution in [0.3, 0.4) is 0 Å². The molecule has 1 heterocycles. The van der Waals surface area contributed by atoms with Crippen LogP contribution in [0.15, 0.2) is 88.7 Å². The van der Waals surface area contributed by atoms with E-state index in [1.165, 1.54) is 23.9 Å². The summed E-state index contributed by atoms with van der Waals surface area (Å²) in [6.07, 6.45) is 0.0182. The van der Waals surface area contributed by atoms with Crippen LogP contribution in [0.5, 0.6) is 5.88 Å². The zero-order valence-corrected chi connectivity index (χ0v) is 18.2. The summed E-state index contributed by atoms with van der Waals surface area (Å²) >= 11 is 7.44. The topological polar surface area (TPSA) is 44.1 Å². The third kappa shape index (κ3) is 5.16. The fourth-order valence-corrected chi connectivity index (χ4v) is 4.01. The first-order chi connectivity index (χ1) is 15.0. The van der Waals surface area contributed by atoms with Crippen molar-refractivity contribution in [3.05, 3.63) is 101 Å². The molecule has 1 aromatic heterocycles. The largest absolute Gasteiger partial charge is 0.406 e. The number of ether oxygens (including phenoxy) is 1. The van der Waals surface area contributed by atoms with Gasteiger partial charge in [0.2, 0.25) is 5.88 Å². The maximum Gasteiger partial charge on any atom is 0.317 e. The smallest absolute Gasteiger partial charge is 0.317 e. The average Bonchev–Trinajstić information content (AvgIpc) is 3.07. The first-order valence-corrected chi connectivity index (χ1v) is 10.7. The van der Waals surface area contributed by atoms with Crippen molar-refractivity contribution < 1.29 is 13.9 Å². The molecule has 0 aliphatic rings. The Bertz CT molecular complexity index is 1190. The number of aromatic nitrogens is 2. The second-order valence-corrected chi connectivity index (χ2v) is 8.32. The van der Waals surface area contributed by atoms with Gasteiger partial charge >= 0.3 is 5.97 Å². The van der Waals surface area contributed by atoms with Crippen LogP contribution in [-0.2, 0) is 11.2 Å². The summed E-state index contributed by atoms with van der Waals surface area (Å²) in [6, 6.07) is 22.7. The standard InChI is InChI=1S/C24H18ClFN2O2S/c1-16-23(31-21-13-9-18(25)10-14-21)24(28(27-16)20-5-3-2-4-6-20)30-22(29)15-17-7-11-19(26)12-8-17/h2-14H,15H2,1H3. The van der Waals surface area contributed by atoms with Gasteiger partial charge in [-0.25, -0.2) is 4.39 Å². The van der Waals surface area contributed by atoms with Crippen molar-refractivity contribution >= 4 is 29.3 Å². The van der Waals surface area contributed by atoms with E-state index in [0.29, 0.717) is 16.5 Å². The summed E-state index contributed by atoms with van der Waals surface area (Å²) in [7, 11) is 0. The van der Waals surface area contributed by atoms with Gasteiger partial charge in [-0.3, -0.25) is 4.79 Å². The zero-order chi connectivity index (χ0) is 21.8. The molecule has 0 fully saturated rings. The molecule has 0 amide bonds. The minimum absolute atomic E-state index is 0.0182. The molecule has 4 aromatic rings. The van der Waals surface area contributed by atoms with E-state index in [1.54, 1.807) is 28.9 Å². The van der Waals surface area contributed by atoms with Crippen molar-refractivity contribution in [1.29, 1.82) is 0 Å². The van der Waals surface area contributed by atoms with Crippen molar-refractivity contribution in [2.45, 2.75) is 23.1 Å². The summed E-state index contributed by atoms with van der Waals surface area (Å²) in [6.45, 7) is 1.87. The quantitative estimate of drug-likeness (QED) is 0.323. The van der Waals surface area contributed by atoms with Crippen LogP contribution in [0.2, 0.25) is 5.02 Å². The monoisotopic (exact) mass is 452 g/mol. The number of hydrogen-bond donors (Lipinski definition) is 0. The van der Waals surface area contributed by atoms with Gasteiger partial charge in [-0.15, -0.1) is 0 Å². The van der Waals surface area contributed by atoms with E-state index < -0.39 is 5.97 Å². The Hall–Kier alpha value is -3.09. The van der Waals surface area contributed by atoms with Crippen LogP contribution in [0, 0.1) is 12.7 Å². The third-order valence-electron chi connectivity index (χ3n) is 4.47. The van der Waals surface area contributed by atoms with E-state index in [0.717, 1.165) is 21.2 Å². The normalized spacial score (nSPS) is 10.8. The Labute approximate surface area is 188 Å². The van der Waals surface area contributed by atoms with Crippen LogP contribution < -0.4 is 4.74 Å². The summed E-state index contributed by atoms with van der Waals surface area (Å²) in [5.41, 5.74) is 2.17. The van der Waals surface area contributed by atoms with Crippen LogP contribution >= 0.6 is 23.4 Å². The number of nitrogens with zero attached hydrogens (tertiary/aromatic N) is 2. The summed E-state index contributed by atoms with van der Waals surface area (Å²) in [5.74, 6) is -0.464. The SMILES string of the molecule is Cc1nn(-c2ccccc2)c(OC(=O)Cc2ccc(F)cc2)c1Sc1ccc(Cl)cc1. The molecule has 156 valence electrons. The molecule has 0 radical (unpaired) electrons. The summed E-state index contributed by atoms with van der Waals surface area (Å²) < 4.78 is 20.6. The lowest BCUT2D eigenvalue weighted by Gasteiger charge is -2.10. The van der Waals surface area contributed by atoms with Gasteiger partial charge in [0.25, 0.3) is 0 Å². The molecule has 4 nitrogen and oxygen atoms in total. The molecule has 0 saturated carbocycles. The van der Waals surface area contributed by atoms with Crippen LogP contribution in [0.4, 0.5) is 4.39 Å². The highest BCUT2D eigenvalue weighted by molar-refractivity contribution is 7.99. The molecule has 0 aliphatic carbocycles. The Morgan fingerprint density at radius 2 is 1.71 bits per heavy atom. The van der Waals surface area contributed by atoms with E-state index in [2.05, 4.69) is 5.10 Å². The zero-order valence-electron chi connectivity index (χ0n) is 16.6. The number of rotatable bonds is 6. The lowest BCUT2D eigenvalue weighted by Crippen LogP contribution is -2.14. The molecule has 3 aromatic carbocycles. The van der Waals surface area contributed by atoms with Crippen LogP contribution in [-0.4, -0.2) is 15.7 Å². The molecule has 4 rings (SSSR count). The summed E-state index contributed by atoms with van der Waals surface area (Å²) in [4.78, 5) is 14.4. The first-order valence-electron chi connectivity index (χ1n) is 9.53. The van der Waals surface area contributed by atoms with E-state index in [1.807, 2.05) is 49.4 Å². The van der Waals surface area contributed by atoms with Gasteiger partial charge < -0.3 is 4.74 Å². The number of para-hydroxylation sites is 1. The molecule has 0 unspecified atom stereocenters. The number of carbonyl (C=O) groups is 1. The third-order valence-corrected chi connectivity index (χ3v) is 5.91. The molecule has 0 spiro atoms. The molecule has 0 bridgehead atoms. The van der Waals surface area contributed by atoms with E-state index in [4.69, 9.17) is 16.3 Å². The lowest BCUT2D eigenvalue weighted by atomic mass is 10.1. The number of halogens is 2. The van der Waals surface area contributed by atoms with E-state index in [-0.39, 0.29) is 12.2 Å². The predicted octanol–water partition coefficient (Wildman–Crippen LogP) is 6.27. The fraction of sp³-hybridized carbons (Fsp3) is 0.0833. The van der Waals surface area contributed by atoms with Crippen LogP contribution in [0.25, 0.3) is 5.69 Å². The highest BCUT2D eigenvalue weighted by Gasteiger charge is 2.22. The van der Waals surface area contributed by atoms with Crippen molar-refractivity contribution in [2.24, 2.45) is 0 Å². The average molecular weight is 453 g/mol. The number of carbonyl (C=O) groups excluding carboxylic acids is 1. The van der Waals surface area contributed by atoms with Crippen LogP contribution in [0.1, 0.15) is 11.3 Å².